The number of carboxylic acid groups (broad SMARTS) is 1. The van der Waals surface area contributed by atoms with Gasteiger partial charge in [-0.1, -0.05) is 43.9 Å². The van der Waals surface area contributed by atoms with Crippen LogP contribution in [-0.4, -0.2) is 41.3 Å². The number of fused-ring (bicyclic) bond motifs is 1. The van der Waals surface area contributed by atoms with Crippen LogP contribution in [0, 0.1) is 5.92 Å². The van der Waals surface area contributed by atoms with Crippen LogP contribution < -0.4 is 5.32 Å². The van der Waals surface area contributed by atoms with Crippen molar-refractivity contribution in [2.24, 2.45) is 5.92 Å². The van der Waals surface area contributed by atoms with Crippen molar-refractivity contribution in [2.45, 2.75) is 51.1 Å². The summed E-state index contributed by atoms with van der Waals surface area (Å²) in [6.07, 6.45) is 7.19. The Bertz CT molecular complexity index is 799. The first-order chi connectivity index (χ1) is 13.1. The molecule has 0 spiro atoms. The second kappa shape index (κ2) is 9.04. The summed E-state index contributed by atoms with van der Waals surface area (Å²) >= 11 is 0. The van der Waals surface area contributed by atoms with Crippen LogP contribution >= 0.6 is 0 Å². The highest BCUT2D eigenvalue weighted by Gasteiger charge is 2.30. The van der Waals surface area contributed by atoms with E-state index in [2.05, 4.69) is 5.32 Å². The molecule has 1 saturated carbocycles. The molecule has 0 aliphatic heterocycles. The van der Waals surface area contributed by atoms with Gasteiger partial charge in [-0.05, 0) is 18.9 Å². The standard InChI is InChI=1S/C21H28N2O4/c1-27-13-12-23-14-17(15-8-6-7-11-19(15)23)20(24)22-18-10-5-3-2-4-9-16(18)21(25)26/h6-8,11,14,16,18H,2-5,9-10,12-13H2,1H3,(H,22,24)(H,25,26). The summed E-state index contributed by atoms with van der Waals surface area (Å²) in [5.41, 5.74) is 1.57. The number of hydrogen-bond acceptors (Lipinski definition) is 3. The van der Waals surface area contributed by atoms with Crippen LogP contribution in [0.15, 0.2) is 30.5 Å². The quantitative estimate of drug-likeness (QED) is 0.814. The van der Waals surface area contributed by atoms with E-state index in [1.807, 2.05) is 35.0 Å². The fourth-order valence-corrected chi connectivity index (χ4v) is 4.00. The van der Waals surface area contributed by atoms with E-state index in [0.29, 0.717) is 31.6 Å². The van der Waals surface area contributed by atoms with Crippen molar-refractivity contribution in [1.29, 1.82) is 0 Å². The summed E-state index contributed by atoms with van der Waals surface area (Å²) in [5.74, 6) is -1.53. The smallest absolute Gasteiger partial charge is 0.308 e. The molecule has 2 atom stereocenters. The van der Waals surface area contributed by atoms with E-state index in [1.165, 1.54) is 0 Å². The molecule has 0 bridgehead atoms. The third-order valence-corrected chi connectivity index (χ3v) is 5.47. The number of benzene rings is 1. The Hall–Kier alpha value is -2.34. The Labute approximate surface area is 159 Å². The highest BCUT2D eigenvalue weighted by molar-refractivity contribution is 6.07. The van der Waals surface area contributed by atoms with Gasteiger partial charge in [0.05, 0.1) is 18.1 Å². The van der Waals surface area contributed by atoms with Crippen LogP contribution in [0.4, 0.5) is 0 Å². The highest BCUT2D eigenvalue weighted by Crippen LogP contribution is 2.25. The van der Waals surface area contributed by atoms with Gasteiger partial charge in [0.2, 0.25) is 0 Å². The molecular formula is C21H28N2O4. The fourth-order valence-electron chi connectivity index (χ4n) is 4.00. The normalized spacial score (nSPS) is 20.8. The molecule has 1 aromatic carbocycles. The molecule has 2 N–H and O–H groups in total. The zero-order chi connectivity index (χ0) is 19.2. The van der Waals surface area contributed by atoms with Gasteiger partial charge >= 0.3 is 5.97 Å². The number of aliphatic carboxylic acids is 1. The van der Waals surface area contributed by atoms with E-state index < -0.39 is 11.9 Å². The van der Waals surface area contributed by atoms with Crippen molar-refractivity contribution in [2.75, 3.05) is 13.7 Å². The van der Waals surface area contributed by atoms with Crippen LogP contribution in [0.3, 0.4) is 0 Å². The summed E-state index contributed by atoms with van der Waals surface area (Å²) in [6, 6.07) is 7.45. The molecule has 6 heteroatoms. The Balaban J connectivity index is 1.85. The predicted molar refractivity (Wildman–Crippen MR) is 104 cm³/mol. The van der Waals surface area contributed by atoms with Crippen LogP contribution in [0.25, 0.3) is 10.9 Å². The lowest BCUT2D eigenvalue weighted by Gasteiger charge is -2.27. The molecule has 1 aromatic heterocycles. The first-order valence-electron chi connectivity index (χ1n) is 9.72. The molecule has 6 nitrogen and oxygen atoms in total. The summed E-state index contributed by atoms with van der Waals surface area (Å²) in [5, 5.41) is 13.5. The number of ether oxygens (including phenoxy) is 1. The van der Waals surface area contributed by atoms with Crippen LogP contribution in [0.2, 0.25) is 0 Å². The van der Waals surface area contributed by atoms with Crippen molar-refractivity contribution in [3.63, 3.8) is 0 Å². The third kappa shape index (κ3) is 4.50. The zero-order valence-electron chi connectivity index (χ0n) is 15.8. The van der Waals surface area contributed by atoms with Crippen LogP contribution in [-0.2, 0) is 16.1 Å². The second-order valence-electron chi connectivity index (χ2n) is 7.26. The van der Waals surface area contributed by atoms with E-state index in [9.17, 15) is 14.7 Å². The van der Waals surface area contributed by atoms with Gasteiger partial charge in [0.25, 0.3) is 5.91 Å². The van der Waals surface area contributed by atoms with E-state index in [-0.39, 0.29) is 11.9 Å². The lowest BCUT2D eigenvalue weighted by atomic mass is 9.86. The molecule has 0 saturated heterocycles. The van der Waals surface area contributed by atoms with Crippen molar-refractivity contribution < 1.29 is 19.4 Å². The third-order valence-electron chi connectivity index (χ3n) is 5.47. The van der Waals surface area contributed by atoms with Crippen molar-refractivity contribution >= 4 is 22.8 Å². The van der Waals surface area contributed by atoms with Gasteiger partial charge in [-0.3, -0.25) is 9.59 Å². The average molecular weight is 372 g/mol. The highest BCUT2D eigenvalue weighted by atomic mass is 16.5. The van der Waals surface area contributed by atoms with Gasteiger partial charge in [-0.25, -0.2) is 0 Å². The topological polar surface area (TPSA) is 80.6 Å². The Morgan fingerprint density at radius 2 is 1.93 bits per heavy atom. The molecule has 2 unspecified atom stereocenters. The van der Waals surface area contributed by atoms with Crippen LogP contribution in [0.5, 0.6) is 0 Å². The predicted octanol–water partition coefficient (Wildman–Crippen LogP) is 3.44. The maximum atomic E-state index is 13.0. The number of nitrogens with zero attached hydrogens (tertiary/aromatic N) is 1. The number of amides is 1. The monoisotopic (exact) mass is 372 g/mol. The van der Waals surface area contributed by atoms with Gasteiger partial charge < -0.3 is 19.7 Å². The molecule has 1 aliphatic rings. The van der Waals surface area contributed by atoms with Crippen molar-refractivity contribution in [3.8, 4) is 0 Å². The maximum Gasteiger partial charge on any atom is 0.308 e. The summed E-state index contributed by atoms with van der Waals surface area (Å²) in [4.78, 5) is 24.7. The number of aromatic nitrogens is 1. The maximum absolute atomic E-state index is 13.0. The lowest BCUT2D eigenvalue weighted by Crippen LogP contribution is -2.43. The Morgan fingerprint density at radius 1 is 1.19 bits per heavy atom. The molecule has 27 heavy (non-hydrogen) atoms. The number of carbonyl (C=O) groups is 2. The molecule has 1 fully saturated rings. The summed E-state index contributed by atoms with van der Waals surface area (Å²) < 4.78 is 7.18. The number of nitrogens with one attached hydrogen (secondary N) is 1. The van der Waals surface area contributed by atoms with Gasteiger partial charge in [-0.15, -0.1) is 0 Å². The minimum atomic E-state index is -0.815. The summed E-state index contributed by atoms with van der Waals surface area (Å²) in [6.45, 7) is 1.22. The van der Waals surface area contributed by atoms with Crippen molar-refractivity contribution in [1.82, 2.24) is 9.88 Å². The van der Waals surface area contributed by atoms with Gasteiger partial charge in [0, 0.05) is 36.8 Å². The molecular weight excluding hydrogens is 344 g/mol. The largest absolute Gasteiger partial charge is 0.481 e. The molecule has 3 rings (SSSR count). The second-order valence-corrected chi connectivity index (χ2v) is 7.26. The van der Waals surface area contributed by atoms with Gasteiger partial charge in [0.1, 0.15) is 0 Å². The zero-order valence-corrected chi connectivity index (χ0v) is 15.8. The Morgan fingerprint density at radius 3 is 2.67 bits per heavy atom. The molecule has 1 amide bonds. The molecule has 0 radical (unpaired) electrons. The minimum Gasteiger partial charge on any atom is -0.481 e. The molecule has 1 aliphatic carbocycles. The molecule has 2 aromatic rings. The number of para-hydroxylation sites is 1. The SMILES string of the molecule is COCCn1cc(C(=O)NC2CCCCCCC2C(=O)O)c2ccccc21. The number of rotatable bonds is 6. The molecule has 146 valence electrons. The number of carboxylic acids is 1. The number of methoxy groups -OCH3 is 1. The first-order valence-corrected chi connectivity index (χ1v) is 9.72. The number of carbonyl (C=O) groups excluding carboxylic acids is 1. The van der Waals surface area contributed by atoms with E-state index >= 15 is 0 Å². The average Bonchev–Trinajstić information content (AvgIpc) is 3.01. The number of hydrogen-bond donors (Lipinski definition) is 2. The van der Waals surface area contributed by atoms with E-state index in [1.54, 1.807) is 7.11 Å². The first kappa shape index (κ1) is 19.4. The fraction of sp³-hybridized carbons (Fsp3) is 0.524. The minimum absolute atomic E-state index is 0.195. The lowest BCUT2D eigenvalue weighted by molar-refractivity contribution is -0.143. The van der Waals surface area contributed by atoms with E-state index in [4.69, 9.17) is 4.74 Å². The van der Waals surface area contributed by atoms with Gasteiger partial charge in [-0.2, -0.15) is 0 Å². The van der Waals surface area contributed by atoms with Crippen molar-refractivity contribution in [3.05, 3.63) is 36.0 Å². The Kier molecular flexibility index (Phi) is 6.50. The van der Waals surface area contributed by atoms with Crippen LogP contribution in [0.1, 0.15) is 48.9 Å². The summed E-state index contributed by atoms with van der Waals surface area (Å²) in [7, 11) is 1.65. The molecule has 1 heterocycles. The van der Waals surface area contributed by atoms with E-state index in [0.717, 1.165) is 36.6 Å². The van der Waals surface area contributed by atoms with Gasteiger partial charge in [0.15, 0.2) is 0 Å².